The van der Waals surface area contributed by atoms with Crippen molar-refractivity contribution in [2.75, 3.05) is 41.0 Å². The minimum absolute atomic E-state index is 0.0313. The highest BCUT2D eigenvalue weighted by Crippen LogP contribution is 2.33. The van der Waals surface area contributed by atoms with Gasteiger partial charge in [-0.3, -0.25) is 14.4 Å². The van der Waals surface area contributed by atoms with Crippen LogP contribution in [0, 0.1) is 18.6 Å². The number of thioether (sulfide) groups is 1. The number of aromatic amines is 2. The Balaban J connectivity index is 0.000000249. The summed E-state index contributed by atoms with van der Waals surface area (Å²) in [6.07, 6.45) is 3.84. The second-order valence-corrected chi connectivity index (χ2v) is 16.5. The maximum atomic E-state index is 12.3. The number of aromatic nitrogens is 4. The molecule has 3 aromatic heterocycles. The summed E-state index contributed by atoms with van der Waals surface area (Å²) in [5, 5.41) is 24.2. The van der Waals surface area contributed by atoms with E-state index in [9.17, 15) is 23.2 Å². The average Bonchev–Trinajstić information content (AvgIpc) is 3.89. The lowest BCUT2D eigenvalue weighted by molar-refractivity contribution is -0.114. The molecular formula is C43H43Cl5F2N8O7S2. The van der Waals surface area contributed by atoms with Gasteiger partial charge in [0.15, 0.2) is 16.3 Å². The number of amides is 2. The number of carbonyl (C=O) groups is 3. The number of nitrogens with two attached hydrogens (primary N) is 1. The van der Waals surface area contributed by atoms with Crippen LogP contribution < -0.4 is 25.8 Å². The summed E-state index contributed by atoms with van der Waals surface area (Å²) in [6, 6.07) is 18.5. The lowest BCUT2D eigenvalue weighted by Crippen LogP contribution is -2.15. The summed E-state index contributed by atoms with van der Waals surface area (Å²) < 4.78 is 34.6. The molecule has 1 aliphatic heterocycles. The number of anilines is 3. The Morgan fingerprint density at radius 2 is 1.42 bits per heavy atom. The Bertz CT molecular complexity index is 2710. The minimum atomic E-state index is -2.96. The number of H-pyrrole nitrogens is 2. The first-order valence-electron chi connectivity index (χ1n) is 19.2. The fourth-order valence-electron chi connectivity index (χ4n) is 5.29. The number of pyridine rings is 2. The average molecular weight is 1060 g/mol. The molecule has 0 fully saturated rings. The molecule has 0 bridgehead atoms. The normalized spacial score (nSPS) is 10.9. The van der Waals surface area contributed by atoms with Gasteiger partial charge in [-0.1, -0.05) is 35.3 Å². The number of carbonyl (C=O) groups excluding carboxylic acids is 3. The minimum Gasteiger partial charge on any atom is -0.493 e. The first-order chi connectivity index (χ1) is 31.9. The Morgan fingerprint density at radius 3 is 2.03 bits per heavy atom. The van der Waals surface area contributed by atoms with Crippen molar-refractivity contribution in [3.05, 3.63) is 122 Å². The summed E-state index contributed by atoms with van der Waals surface area (Å²) >= 11 is 32.6. The molecular weight excluding hydrogens is 1020 g/mol. The van der Waals surface area contributed by atoms with Gasteiger partial charge in [0, 0.05) is 35.6 Å². The van der Waals surface area contributed by atoms with Crippen LogP contribution in [0.15, 0.2) is 84.1 Å². The molecule has 3 aromatic carbocycles. The van der Waals surface area contributed by atoms with Crippen molar-refractivity contribution in [3.8, 4) is 11.5 Å². The molecule has 0 saturated carbocycles. The van der Waals surface area contributed by atoms with E-state index in [0.717, 1.165) is 49.6 Å². The molecule has 1 aliphatic rings. The number of alkyl halides is 4. The van der Waals surface area contributed by atoms with Crippen molar-refractivity contribution in [3.63, 3.8) is 0 Å². The van der Waals surface area contributed by atoms with E-state index in [-0.39, 0.29) is 54.0 Å². The summed E-state index contributed by atoms with van der Waals surface area (Å²) in [6.45, 7) is 0.925. The number of methoxy groups -OCH3 is 1. The number of halogens is 7. The summed E-state index contributed by atoms with van der Waals surface area (Å²) in [4.78, 5) is 50.7. The van der Waals surface area contributed by atoms with Gasteiger partial charge in [-0.2, -0.15) is 8.78 Å². The maximum absolute atomic E-state index is 12.3. The van der Waals surface area contributed by atoms with Crippen molar-refractivity contribution in [1.82, 2.24) is 19.9 Å². The number of hydrogen-bond donors (Lipinski definition) is 7. The number of benzene rings is 3. The number of ether oxygens (including phenoxy) is 2. The molecule has 6 aromatic rings. The van der Waals surface area contributed by atoms with Crippen molar-refractivity contribution in [2.45, 2.75) is 40.1 Å². The second-order valence-electron chi connectivity index (χ2n) is 13.3. The van der Waals surface area contributed by atoms with Crippen molar-refractivity contribution in [1.29, 1.82) is 0 Å². The molecule has 8 N–H and O–H groups in total. The van der Waals surface area contributed by atoms with Crippen molar-refractivity contribution in [2.24, 2.45) is 4.99 Å². The number of nitrogens with one attached hydrogen (secondary N) is 4. The number of aliphatic hydroxyl groups is 2. The van der Waals surface area contributed by atoms with Crippen LogP contribution in [-0.2, 0) is 34.0 Å². The third-order valence-electron chi connectivity index (χ3n) is 8.49. The van der Waals surface area contributed by atoms with Crippen LogP contribution >= 0.6 is 82.0 Å². The van der Waals surface area contributed by atoms with E-state index in [4.69, 9.17) is 90.9 Å². The quantitative estimate of drug-likeness (QED) is 0.0211. The number of imidazole rings is 1. The Morgan fingerprint density at radius 1 is 0.836 bits per heavy atom. The third-order valence-corrected chi connectivity index (χ3v) is 10.8. The van der Waals surface area contributed by atoms with Crippen LogP contribution in [0.4, 0.5) is 31.5 Å². The number of aliphatic imine (C=N–C) groups is 1. The van der Waals surface area contributed by atoms with E-state index in [1.54, 1.807) is 42.7 Å². The van der Waals surface area contributed by atoms with E-state index in [0.29, 0.717) is 38.6 Å². The Hall–Kier alpha value is -5.09. The van der Waals surface area contributed by atoms with Crippen LogP contribution in [0.5, 0.6) is 11.5 Å². The lowest BCUT2D eigenvalue weighted by atomic mass is 10.1. The maximum Gasteiger partial charge on any atom is 0.387 e. The highest BCUT2D eigenvalue weighted by atomic mass is 35.5. The summed E-state index contributed by atoms with van der Waals surface area (Å²) in [5.74, 6) is -0.542. The largest absolute Gasteiger partial charge is 0.493 e. The molecule has 0 unspecified atom stereocenters. The molecule has 67 heavy (non-hydrogen) atoms. The first-order valence-corrected chi connectivity index (χ1v) is 22.7. The van der Waals surface area contributed by atoms with Crippen LogP contribution in [0.3, 0.4) is 0 Å². The van der Waals surface area contributed by atoms with Crippen LogP contribution in [0.2, 0.25) is 10.3 Å². The zero-order valence-electron chi connectivity index (χ0n) is 35.6. The zero-order chi connectivity index (χ0) is 49.6. The molecule has 15 nitrogen and oxygen atoms in total. The van der Waals surface area contributed by atoms with Gasteiger partial charge in [0.05, 0.1) is 66.1 Å². The molecule has 7 rings (SSSR count). The number of aryl methyl sites for hydroxylation is 2. The fourth-order valence-corrected chi connectivity index (χ4v) is 6.71. The zero-order valence-corrected chi connectivity index (χ0v) is 41.1. The molecule has 24 heteroatoms. The van der Waals surface area contributed by atoms with Gasteiger partial charge in [0.2, 0.25) is 17.1 Å². The standard InChI is InChI=1S/C17H14ClF2N3O3S.C10H12ClNO2.C8H11NO.C6H4ClN3S.C2H2Cl2O/c1-25-13-6-10(2-3-12(13)26-17(19)20)22-15(24)8-27-16-5-9-4-14(18)21-7-11(9)23-16;1-7-2-3-9(4-8(7)6-13)12-10(14)5-11;1-6-2-3-8(9)4-7(6)5-10;7-5-1-3-4(2-8-5)10-6(11)9-3;3-1-2(4)5/h2-4,6-7,17H,5,8H2,1H3,(H,22,24);2-4,13H,5-6H2,1H3,(H,12,14);2-4,10H,5,9H2,1H3;1-2H,(H2,9,10,11);1H2. The van der Waals surface area contributed by atoms with E-state index in [1.165, 1.54) is 37.1 Å². The van der Waals surface area contributed by atoms with E-state index in [2.05, 4.69) is 40.3 Å². The highest BCUT2D eigenvalue weighted by Gasteiger charge is 2.18. The molecule has 0 saturated heterocycles. The molecule has 358 valence electrons. The molecule has 0 radical (unpaired) electrons. The molecule has 4 heterocycles. The predicted octanol–water partition coefficient (Wildman–Crippen LogP) is 10.3. The van der Waals surface area contributed by atoms with Gasteiger partial charge in [0.1, 0.15) is 16.2 Å². The molecule has 0 atom stereocenters. The SMILES string of the molecule is COc1cc(NC(=O)CSC2=Nc3cnc(Cl)cc3C2)ccc1OC(F)F.Cc1ccc(N)cc1CO.Cc1ccc(NC(=O)CCl)cc1CO.O=C(Cl)CCl.S=c1[nH]c2cnc(Cl)cc2[nH]1. The van der Waals surface area contributed by atoms with Crippen molar-refractivity contribution < 1.29 is 42.9 Å². The summed E-state index contributed by atoms with van der Waals surface area (Å²) in [5.41, 5.74) is 14.5. The van der Waals surface area contributed by atoms with Gasteiger partial charge in [-0.15, -0.1) is 35.0 Å². The van der Waals surface area contributed by atoms with Gasteiger partial charge < -0.3 is 46.0 Å². The van der Waals surface area contributed by atoms with Gasteiger partial charge in [0.25, 0.3) is 0 Å². The Kier molecular flexibility index (Phi) is 24.3. The molecule has 0 spiro atoms. The molecule has 0 aliphatic carbocycles. The fraction of sp³-hybridized carbons (Fsp3) is 0.233. The number of aliphatic hydroxyl groups excluding tert-OH is 2. The molecule has 2 amide bonds. The monoisotopic (exact) mass is 1060 g/mol. The first kappa shape index (κ1) is 56.2. The number of hydrogen-bond acceptors (Lipinski definition) is 13. The highest BCUT2D eigenvalue weighted by molar-refractivity contribution is 8.14. The van der Waals surface area contributed by atoms with Gasteiger partial charge in [-0.05, 0) is 108 Å². The van der Waals surface area contributed by atoms with Gasteiger partial charge in [-0.25, -0.2) is 15.0 Å². The van der Waals surface area contributed by atoms with Gasteiger partial charge >= 0.3 is 6.61 Å². The number of nitrogen functional groups attached to an aromatic ring is 1. The van der Waals surface area contributed by atoms with Crippen molar-refractivity contribution >= 4 is 138 Å². The number of rotatable bonds is 11. The van der Waals surface area contributed by atoms with Crippen LogP contribution in [0.25, 0.3) is 11.0 Å². The number of nitrogens with zero attached hydrogens (tertiary/aromatic N) is 3. The van der Waals surface area contributed by atoms with Crippen LogP contribution in [0.1, 0.15) is 27.8 Å². The smallest absolute Gasteiger partial charge is 0.387 e. The van der Waals surface area contributed by atoms with E-state index < -0.39 is 11.9 Å². The topological polar surface area (TPSA) is 230 Å². The van der Waals surface area contributed by atoms with E-state index in [1.807, 2.05) is 32.0 Å². The van der Waals surface area contributed by atoms with E-state index >= 15 is 0 Å². The third kappa shape index (κ3) is 20.0. The number of fused-ring (bicyclic) bond motifs is 2. The Labute approximate surface area is 417 Å². The predicted molar refractivity (Wildman–Crippen MR) is 267 cm³/mol. The second kappa shape index (κ2) is 28.9. The van der Waals surface area contributed by atoms with Crippen LogP contribution in [-0.4, -0.2) is 83.5 Å². The lowest BCUT2D eigenvalue weighted by Gasteiger charge is -2.12. The summed E-state index contributed by atoms with van der Waals surface area (Å²) in [7, 11) is 1.33.